The first-order chi connectivity index (χ1) is 14.6. The van der Waals surface area contributed by atoms with Crippen molar-refractivity contribution in [2.45, 2.75) is 36.2 Å². The van der Waals surface area contributed by atoms with E-state index in [9.17, 15) is 21.6 Å². The number of carbonyl (C=O) groups is 1. The summed E-state index contributed by atoms with van der Waals surface area (Å²) in [6.45, 7) is 1.55. The number of amides is 1. The summed E-state index contributed by atoms with van der Waals surface area (Å²) >= 11 is 0. The third-order valence-corrected chi connectivity index (χ3v) is 8.76. The summed E-state index contributed by atoms with van der Waals surface area (Å²) < 4.78 is 61.8. The molecule has 174 valence electrons. The number of ether oxygens (including phenoxy) is 2. The molecule has 1 aromatic rings. The summed E-state index contributed by atoms with van der Waals surface area (Å²) in [6, 6.07) is 3.51. The fraction of sp³-hybridized carbons (Fsp3) is 0.632. The van der Waals surface area contributed by atoms with E-state index in [0.717, 1.165) is 25.9 Å². The zero-order valence-corrected chi connectivity index (χ0v) is 19.3. The van der Waals surface area contributed by atoms with Gasteiger partial charge in [-0.15, -0.1) is 0 Å². The lowest BCUT2D eigenvalue weighted by Gasteiger charge is -2.28. The van der Waals surface area contributed by atoms with E-state index in [-0.39, 0.29) is 47.1 Å². The third-order valence-electron chi connectivity index (χ3n) is 5.59. The van der Waals surface area contributed by atoms with Crippen molar-refractivity contribution in [1.82, 2.24) is 14.9 Å². The number of sulfone groups is 1. The lowest BCUT2D eigenvalue weighted by atomic mass is 10.1. The Morgan fingerprint density at radius 2 is 1.81 bits per heavy atom. The number of hydrogen-bond acceptors (Lipinski definition) is 8. The van der Waals surface area contributed by atoms with Gasteiger partial charge in [-0.2, -0.15) is 0 Å². The number of nitrogens with zero attached hydrogens (tertiary/aromatic N) is 1. The predicted molar refractivity (Wildman–Crippen MR) is 115 cm³/mol. The number of methoxy groups -OCH3 is 2. The molecule has 0 bridgehead atoms. The fourth-order valence-electron chi connectivity index (χ4n) is 4.04. The normalized spacial score (nSPS) is 23.5. The lowest BCUT2D eigenvalue weighted by Crippen LogP contribution is -2.50. The summed E-state index contributed by atoms with van der Waals surface area (Å²) in [5.41, 5.74) is 0. The summed E-state index contributed by atoms with van der Waals surface area (Å²) in [7, 11) is -4.20. The van der Waals surface area contributed by atoms with Crippen LogP contribution in [0.15, 0.2) is 23.1 Å². The van der Waals surface area contributed by atoms with Crippen LogP contribution in [0.3, 0.4) is 0 Å². The molecule has 3 rings (SSSR count). The smallest absolute Gasteiger partial charge is 0.240 e. The summed E-state index contributed by atoms with van der Waals surface area (Å²) in [5, 5.41) is 2.79. The van der Waals surface area contributed by atoms with Crippen molar-refractivity contribution in [3.63, 3.8) is 0 Å². The summed E-state index contributed by atoms with van der Waals surface area (Å²) in [4.78, 5) is 14.5. The molecule has 0 aliphatic carbocycles. The van der Waals surface area contributed by atoms with E-state index in [1.807, 2.05) is 0 Å². The minimum Gasteiger partial charge on any atom is -0.493 e. The maximum Gasteiger partial charge on any atom is 0.240 e. The van der Waals surface area contributed by atoms with Gasteiger partial charge in [0.25, 0.3) is 0 Å². The van der Waals surface area contributed by atoms with Crippen molar-refractivity contribution in [2.75, 3.05) is 45.4 Å². The molecule has 0 radical (unpaired) electrons. The Labute approximate surface area is 183 Å². The molecule has 0 aromatic heterocycles. The Balaban J connectivity index is 1.55. The Morgan fingerprint density at radius 1 is 1.13 bits per heavy atom. The Hall–Kier alpha value is -1.89. The van der Waals surface area contributed by atoms with E-state index in [2.05, 4.69) is 14.9 Å². The van der Waals surface area contributed by atoms with Crippen LogP contribution in [0.25, 0.3) is 0 Å². The van der Waals surface area contributed by atoms with E-state index in [1.165, 1.54) is 32.4 Å². The van der Waals surface area contributed by atoms with Gasteiger partial charge in [0.2, 0.25) is 15.9 Å². The highest BCUT2D eigenvalue weighted by Crippen LogP contribution is 2.29. The topological polar surface area (TPSA) is 131 Å². The summed E-state index contributed by atoms with van der Waals surface area (Å²) in [5.74, 6) is 0.251. The molecule has 2 saturated heterocycles. The molecule has 1 amide bonds. The Bertz CT molecular complexity index is 1010. The zero-order chi connectivity index (χ0) is 22.6. The van der Waals surface area contributed by atoms with Crippen LogP contribution in [0.4, 0.5) is 0 Å². The number of likely N-dealkylation sites (tertiary alicyclic amines) is 1. The highest BCUT2D eigenvalue weighted by molar-refractivity contribution is 7.91. The lowest BCUT2D eigenvalue weighted by molar-refractivity contribution is -0.121. The van der Waals surface area contributed by atoms with Gasteiger partial charge in [0.1, 0.15) is 0 Å². The highest BCUT2D eigenvalue weighted by atomic mass is 32.2. The Morgan fingerprint density at radius 3 is 2.45 bits per heavy atom. The molecule has 0 saturated carbocycles. The quantitative estimate of drug-likeness (QED) is 0.500. The van der Waals surface area contributed by atoms with Crippen molar-refractivity contribution in [3.05, 3.63) is 18.2 Å². The minimum absolute atomic E-state index is 0.0125. The van der Waals surface area contributed by atoms with Crippen LogP contribution in [-0.4, -0.2) is 85.1 Å². The van der Waals surface area contributed by atoms with Gasteiger partial charge >= 0.3 is 0 Å². The number of carbonyl (C=O) groups excluding carboxylic acids is 1. The van der Waals surface area contributed by atoms with Gasteiger partial charge in [0.15, 0.2) is 21.3 Å². The second kappa shape index (κ2) is 9.72. The predicted octanol–water partition coefficient (Wildman–Crippen LogP) is -0.250. The van der Waals surface area contributed by atoms with Crippen LogP contribution in [0.2, 0.25) is 0 Å². The second-order valence-corrected chi connectivity index (χ2v) is 11.6. The minimum atomic E-state index is -3.85. The van der Waals surface area contributed by atoms with Gasteiger partial charge in [0, 0.05) is 25.1 Å². The number of rotatable bonds is 9. The zero-order valence-electron chi connectivity index (χ0n) is 17.7. The van der Waals surface area contributed by atoms with Crippen LogP contribution in [-0.2, 0) is 24.7 Å². The second-order valence-electron chi connectivity index (χ2n) is 7.73. The molecule has 2 aliphatic rings. The first-order valence-corrected chi connectivity index (χ1v) is 13.4. The van der Waals surface area contributed by atoms with Gasteiger partial charge in [-0.25, -0.2) is 21.6 Å². The third kappa shape index (κ3) is 5.88. The molecule has 2 unspecified atom stereocenters. The van der Waals surface area contributed by atoms with Crippen LogP contribution < -0.4 is 19.5 Å². The molecule has 31 heavy (non-hydrogen) atoms. The standard InChI is InChI=1S/C19H29N3O7S2/c1-28-17-6-5-14(11-18(17)29-2)31(26,27)20-8-7-19(23)21-15-12-30(24,25)13-16(15)22-9-3-4-10-22/h5-6,11,15-16,20H,3-4,7-10,12-13H2,1-2H3,(H,21,23). The van der Waals surface area contributed by atoms with Crippen LogP contribution in [0.5, 0.6) is 11.5 Å². The molecule has 2 N–H and O–H groups in total. The maximum atomic E-state index is 12.5. The van der Waals surface area contributed by atoms with Crippen molar-refractivity contribution < 1.29 is 31.1 Å². The fourth-order valence-corrected chi connectivity index (χ4v) is 7.04. The van der Waals surface area contributed by atoms with Crippen LogP contribution in [0.1, 0.15) is 19.3 Å². The number of sulfonamides is 1. The molecular weight excluding hydrogens is 446 g/mol. The first kappa shape index (κ1) is 23.8. The maximum absolute atomic E-state index is 12.5. The van der Waals surface area contributed by atoms with E-state index < -0.39 is 25.9 Å². The Kier molecular flexibility index (Phi) is 7.45. The number of hydrogen-bond donors (Lipinski definition) is 2. The summed E-state index contributed by atoms with van der Waals surface area (Å²) in [6.07, 6.45) is 1.94. The molecule has 1 aromatic carbocycles. The molecule has 0 spiro atoms. The van der Waals surface area contributed by atoms with E-state index >= 15 is 0 Å². The van der Waals surface area contributed by atoms with Gasteiger partial charge in [-0.1, -0.05) is 0 Å². The molecule has 2 aliphatic heterocycles. The largest absolute Gasteiger partial charge is 0.493 e. The van der Waals surface area contributed by atoms with Crippen LogP contribution >= 0.6 is 0 Å². The van der Waals surface area contributed by atoms with Crippen LogP contribution in [0, 0.1) is 0 Å². The van der Waals surface area contributed by atoms with Gasteiger partial charge in [-0.05, 0) is 38.1 Å². The SMILES string of the molecule is COc1ccc(S(=O)(=O)NCCC(=O)NC2CS(=O)(=O)CC2N2CCCC2)cc1OC. The number of benzene rings is 1. The first-order valence-electron chi connectivity index (χ1n) is 10.1. The number of nitrogens with one attached hydrogen (secondary N) is 2. The average Bonchev–Trinajstić information content (AvgIpc) is 3.34. The molecule has 12 heteroatoms. The van der Waals surface area contributed by atoms with Gasteiger partial charge in [-0.3, -0.25) is 9.69 Å². The molecule has 2 fully saturated rings. The average molecular weight is 476 g/mol. The molecular formula is C19H29N3O7S2. The van der Waals surface area contributed by atoms with Gasteiger partial charge in [0.05, 0.1) is 36.7 Å². The van der Waals surface area contributed by atoms with Crippen molar-refractivity contribution in [1.29, 1.82) is 0 Å². The molecule has 2 atom stereocenters. The van der Waals surface area contributed by atoms with Crippen molar-refractivity contribution >= 4 is 25.8 Å². The highest BCUT2D eigenvalue weighted by Gasteiger charge is 2.42. The van der Waals surface area contributed by atoms with E-state index in [1.54, 1.807) is 0 Å². The van der Waals surface area contributed by atoms with Crippen molar-refractivity contribution in [2.24, 2.45) is 0 Å². The monoisotopic (exact) mass is 475 g/mol. The van der Waals surface area contributed by atoms with E-state index in [4.69, 9.17) is 9.47 Å². The molecule has 2 heterocycles. The molecule has 10 nitrogen and oxygen atoms in total. The van der Waals surface area contributed by atoms with Crippen molar-refractivity contribution in [3.8, 4) is 11.5 Å². The van der Waals surface area contributed by atoms with Gasteiger partial charge < -0.3 is 14.8 Å². The van der Waals surface area contributed by atoms with E-state index in [0.29, 0.717) is 5.75 Å².